The molecule has 0 heterocycles. The average molecular weight is 745 g/mol. The Morgan fingerprint density at radius 2 is 0.692 bits per heavy atom. The summed E-state index contributed by atoms with van der Waals surface area (Å²) in [6.45, 7) is 17.9. The molecule has 0 unspecified atom stereocenters. The third-order valence-electron chi connectivity index (χ3n) is 9.73. The van der Waals surface area contributed by atoms with Crippen LogP contribution in [0.4, 0.5) is 0 Å². The summed E-state index contributed by atoms with van der Waals surface area (Å²) in [6, 6.07) is 32.8. The van der Waals surface area contributed by atoms with Gasteiger partial charge >= 0.3 is 0 Å². The lowest BCUT2D eigenvalue weighted by Gasteiger charge is -2.29. The summed E-state index contributed by atoms with van der Waals surface area (Å²) in [7, 11) is -5.77. The molecule has 0 bridgehead atoms. The first-order valence-corrected chi connectivity index (χ1v) is 22.9. The summed E-state index contributed by atoms with van der Waals surface area (Å²) in [6.07, 6.45) is 5.21. The van der Waals surface area contributed by atoms with E-state index in [0.717, 1.165) is 82.2 Å². The molecular weight excluding hydrogens is 682 g/mol. The van der Waals surface area contributed by atoms with Crippen LogP contribution in [-0.2, 0) is 18.6 Å². The minimum atomic E-state index is -2.89. The number of aryl methyl sites for hydroxylation is 4. The second-order valence-corrected chi connectivity index (χ2v) is 19.9. The SMILES string of the molecule is CCCCN(CCOCCOCCN(CCCC)CP(=O)(c1ccc(C)cc1)c1ccc(C)cc1)CP(=O)(c1ccc(C)cc1)c1ccc(C)cc1. The Morgan fingerprint density at radius 3 is 0.942 bits per heavy atom. The van der Waals surface area contributed by atoms with Crippen LogP contribution in [0.15, 0.2) is 97.1 Å². The van der Waals surface area contributed by atoms with Crippen molar-refractivity contribution < 1.29 is 18.6 Å². The Hall–Kier alpha value is -2.82. The lowest BCUT2D eigenvalue weighted by Crippen LogP contribution is -2.35. The van der Waals surface area contributed by atoms with Crippen LogP contribution < -0.4 is 21.2 Å². The van der Waals surface area contributed by atoms with E-state index >= 15 is 0 Å². The highest BCUT2D eigenvalue weighted by atomic mass is 31.2. The van der Waals surface area contributed by atoms with E-state index < -0.39 is 14.3 Å². The van der Waals surface area contributed by atoms with Crippen molar-refractivity contribution in [3.63, 3.8) is 0 Å². The maximum absolute atomic E-state index is 14.9. The first-order chi connectivity index (χ1) is 25.1. The fourth-order valence-corrected chi connectivity index (χ4v) is 11.8. The Bertz CT molecular complexity index is 1480. The van der Waals surface area contributed by atoms with Crippen molar-refractivity contribution in [1.29, 1.82) is 0 Å². The second kappa shape index (κ2) is 21.2. The van der Waals surface area contributed by atoms with Gasteiger partial charge in [0.15, 0.2) is 14.3 Å². The molecule has 282 valence electrons. The highest BCUT2D eigenvalue weighted by Gasteiger charge is 2.31. The zero-order valence-electron chi connectivity index (χ0n) is 32.6. The lowest BCUT2D eigenvalue weighted by atomic mass is 10.2. The summed E-state index contributed by atoms with van der Waals surface area (Å²) < 4.78 is 41.9. The molecular formula is C44H62N2O4P2. The summed E-state index contributed by atoms with van der Waals surface area (Å²) in [4.78, 5) is 4.63. The van der Waals surface area contributed by atoms with Crippen LogP contribution >= 0.6 is 14.3 Å². The first-order valence-electron chi connectivity index (χ1n) is 19.1. The number of ether oxygens (including phenoxy) is 2. The number of nitrogens with zero attached hydrogens (tertiary/aromatic N) is 2. The van der Waals surface area contributed by atoms with Gasteiger partial charge in [-0.15, -0.1) is 0 Å². The molecule has 4 aromatic carbocycles. The van der Waals surface area contributed by atoms with Gasteiger partial charge in [-0.05, 0) is 53.6 Å². The van der Waals surface area contributed by atoms with E-state index in [1.807, 2.05) is 48.5 Å². The van der Waals surface area contributed by atoms with Crippen LogP contribution in [0.1, 0.15) is 61.8 Å². The highest BCUT2D eigenvalue weighted by Crippen LogP contribution is 2.45. The van der Waals surface area contributed by atoms with E-state index in [1.54, 1.807) is 0 Å². The first kappa shape index (κ1) is 41.9. The summed E-state index contributed by atoms with van der Waals surface area (Å²) in [5.74, 6) is 0. The normalized spacial score (nSPS) is 12.2. The number of hydrogen-bond acceptors (Lipinski definition) is 6. The molecule has 0 aromatic heterocycles. The van der Waals surface area contributed by atoms with E-state index in [9.17, 15) is 9.13 Å². The molecule has 0 amide bonds. The van der Waals surface area contributed by atoms with Crippen LogP contribution in [0.5, 0.6) is 0 Å². The fourth-order valence-electron chi connectivity index (χ4n) is 6.31. The number of hydrogen-bond donors (Lipinski definition) is 0. The average Bonchev–Trinajstić information content (AvgIpc) is 3.14. The van der Waals surface area contributed by atoms with Crippen molar-refractivity contribution in [2.75, 3.05) is 65.2 Å². The number of rotatable bonds is 23. The zero-order chi connectivity index (χ0) is 37.4. The quantitative estimate of drug-likeness (QED) is 0.0562. The molecule has 0 saturated carbocycles. The fraction of sp³-hybridized carbons (Fsp3) is 0.455. The number of benzene rings is 4. The maximum Gasteiger partial charge on any atom is 0.156 e. The Morgan fingerprint density at radius 1 is 0.423 bits per heavy atom. The largest absolute Gasteiger partial charge is 0.378 e. The van der Waals surface area contributed by atoms with Gasteiger partial charge in [0, 0.05) is 34.3 Å². The Balaban J connectivity index is 1.31. The smallest absolute Gasteiger partial charge is 0.156 e. The summed E-state index contributed by atoms with van der Waals surface area (Å²) in [5, 5.41) is 3.61. The van der Waals surface area contributed by atoms with Gasteiger partial charge in [-0.1, -0.05) is 146 Å². The van der Waals surface area contributed by atoms with Gasteiger partial charge in [0.2, 0.25) is 0 Å². The van der Waals surface area contributed by atoms with Crippen molar-refractivity contribution in [2.45, 2.75) is 67.2 Å². The zero-order valence-corrected chi connectivity index (χ0v) is 34.3. The molecule has 0 radical (unpaired) electrons. The van der Waals surface area contributed by atoms with Crippen molar-refractivity contribution >= 4 is 35.5 Å². The monoisotopic (exact) mass is 744 g/mol. The molecule has 8 heteroatoms. The van der Waals surface area contributed by atoms with Crippen LogP contribution in [0.3, 0.4) is 0 Å². The Kier molecular flexibility index (Phi) is 17.1. The van der Waals surface area contributed by atoms with Crippen molar-refractivity contribution in [1.82, 2.24) is 9.80 Å². The molecule has 0 saturated heterocycles. The standard InChI is InChI=1S/C44H62N2O4P2/c1-7-9-27-45(35-51(47,41-19-11-37(3)12-20-41)42-21-13-38(4)14-22-42)29-31-49-33-34-50-32-30-46(28-10-8-2)36-52(48,43-23-15-39(5)16-24-43)44-25-17-40(6)18-26-44/h11-26H,7-10,27-36H2,1-6H3. The minimum absolute atomic E-state index is 0.488. The van der Waals surface area contributed by atoms with Gasteiger partial charge in [0.05, 0.1) is 39.0 Å². The van der Waals surface area contributed by atoms with E-state index in [-0.39, 0.29) is 0 Å². The molecule has 52 heavy (non-hydrogen) atoms. The van der Waals surface area contributed by atoms with E-state index in [2.05, 4.69) is 99.9 Å². The molecule has 4 rings (SSSR count). The summed E-state index contributed by atoms with van der Waals surface area (Å²) in [5.41, 5.74) is 4.65. The second-order valence-electron chi connectivity index (χ2n) is 14.3. The molecule has 0 aliphatic carbocycles. The highest BCUT2D eigenvalue weighted by molar-refractivity contribution is 7.79. The molecule has 4 aromatic rings. The molecule has 0 spiro atoms. The van der Waals surface area contributed by atoms with E-state index in [1.165, 1.54) is 0 Å². The Labute approximate surface area is 314 Å². The molecule has 6 nitrogen and oxygen atoms in total. The molecule has 0 N–H and O–H groups in total. The number of unbranched alkanes of at least 4 members (excludes halogenated alkanes) is 2. The van der Waals surface area contributed by atoms with Crippen LogP contribution in [0.25, 0.3) is 0 Å². The van der Waals surface area contributed by atoms with Gasteiger partial charge < -0.3 is 18.6 Å². The molecule has 0 fully saturated rings. The van der Waals surface area contributed by atoms with E-state index in [4.69, 9.17) is 9.47 Å². The van der Waals surface area contributed by atoms with Crippen LogP contribution in [0, 0.1) is 27.7 Å². The predicted molar refractivity (Wildman–Crippen MR) is 223 cm³/mol. The molecule has 0 atom stereocenters. The van der Waals surface area contributed by atoms with Crippen LogP contribution in [0.2, 0.25) is 0 Å². The van der Waals surface area contributed by atoms with Gasteiger partial charge in [-0.2, -0.15) is 0 Å². The van der Waals surface area contributed by atoms with Crippen LogP contribution in [-0.4, -0.2) is 75.0 Å². The van der Waals surface area contributed by atoms with Crippen molar-refractivity contribution in [2.24, 2.45) is 0 Å². The maximum atomic E-state index is 14.9. The minimum Gasteiger partial charge on any atom is -0.378 e. The third-order valence-corrected chi connectivity index (χ3v) is 15.9. The van der Waals surface area contributed by atoms with Gasteiger partial charge in [-0.3, -0.25) is 9.80 Å². The lowest BCUT2D eigenvalue weighted by molar-refractivity contribution is 0.0337. The summed E-state index contributed by atoms with van der Waals surface area (Å²) >= 11 is 0. The van der Waals surface area contributed by atoms with Gasteiger partial charge in [-0.25, -0.2) is 0 Å². The van der Waals surface area contributed by atoms with Crippen molar-refractivity contribution in [3.05, 3.63) is 119 Å². The van der Waals surface area contributed by atoms with Gasteiger partial charge in [0.1, 0.15) is 0 Å². The topological polar surface area (TPSA) is 59.1 Å². The molecule has 0 aliphatic rings. The third kappa shape index (κ3) is 12.4. The van der Waals surface area contributed by atoms with Gasteiger partial charge in [0.25, 0.3) is 0 Å². The van der Waals surface area contributed by atoms with Crippen molar-refractivity contribution in [3.8, 4) is 0 Å². The van der Waals surface area contributed by atoms with E-state index in [0.29, 0.717) is 52.1 Å². The molecule has 0 aliphatic heterocycles. The predicted octanol–water partition coefficient (Wildman–Crippen LogP) is 8.40.